The number of nitrogens with one attached hydrogen (secondary N) is 1. The molecule has 0 amide bonds. The maximum atomic E-state index is 10.7. The third-order valence-electron chi connectivity index (χ3n) is 2.13. The predicted octanol–water partition coefficient (Wildman–Crippen LogP) is 1.43. The second-order valence-electron chi connectivity index (χ2n) is 3.45. The van der Waals surface area contributed by atoms with Crippen LogP contribution in [0.3, 0.4) is 0 Å². The number of aromatic nitrogens is 3. The van der Waals surface area contributed by atoms with E-state index >= 15 is 0 Å². The number of methoxy groups -OCH3 is 1. The van der Waals surface area contributed by atoms with E-state index in [0.717, 1.165) is 5.69 Å². The Balaban J connectivity index is 1.99. The van der Waals surface area contributed by atoms with Crippen LogP contribution in [0.1, 0.15) is 10.5 Å². The largest absolute Gasteiger partial charge is 0.476 e. The van der Waals surface area contributed by atoms with E-state index in [1.807, 2.05) is 0 Å². The van der Waals surface area contributed by atoms with E-state index in [9.17, 15) is 4.79 Å². The Morgan fingerprint density at radius 3 is 3.17 bits per heavy atom. The second kappa shape index (κ2) is 5.61. The van der Waals surface area contributed by atoms with Crippen LogP contribution in [0.15, 0.2) is 17.8 Å². The van der Waals surface area contributed by atoms with E-state index in [2.05, 4.69) is 15.4 Å². The lowest BCUT2D eigenvalue weighted by molar-refractivity contribution is 0.0691. The molecular weight excluding hydrogens is 256 g/mol. The summed E-state index contributed by atoms with van der Waals surface area (Å²) in [6.07, 6.45) is 3.46. The van der Waals surface area contributed by atoms with Gasteiger partial charge in [-0.3, -0.25) is 4.68 Å². The molecule has 18 heavy (non-hydrogen) atoms. The number of thiazole rings is 1. The Bertz CT molecular complexity index is 537. The normalized spacial score (nSPS) is 10.5. The number of nitrogens with zero attached hydrogens (tertiary/aromatic N) is 3. The number of aromatic carboxylic acids is 1. The molecule has 0 aliphatic carbocycles. The first-order valence-electron chi connectivity index (χ1n) is 5.16. The van der Waals surface area contributed by atoms with Crippen LogP contribution < -0.4 is 5.32 Å². The van der Waals surface area contributed by atoms with Crippen LogP contribution >= 0.6 is 11.3 Å². The highest BCUT2D eigenvalue weighted by molar-refractivity contribution is 7.14. The molecule has 2 aromatic heterocycles. The summed E-state index contributed by atoms with van der Waals surface area (Å²) in [5.74, 6) is -1.03. The summed E-state index contributed by atoms with van der Waals surface area (Å²) >= 11 is 1.24. The molecule has 96 valence electrons. The van der Waals surface area contributed by atoms with Gasteiger partial charge in [-0.25, -0.2) is 9.78 Å². The Hall–Kier alpha value is -1.93. The van der Waals surface area contributed by atoms with Crippen molar-refractivity contribution in [3.8, 4) is 0 Å². The number of ether oxygens (including phenoxy) is 1. The topological polar surface area (TPSA) is 89.3 Å². The average Bonchev–Trinajstić information content (AvgIpc) is 2.96. The van der Waals surface area contributed by atoms with Crippen LogP contribution in [0.5, 0.6) is 0 Å². The smallest absolute Gasteiger partial charge is 0.355 e. The molecule has 2 heterocycles. The van der Waals surface area contributed by atoms with E-state index in [1.165, 1.54) is 16.7 Å². The third-order valence-corrected chi connectivity index (χ3v) is 2.89. The second-order valence-corrected chi connectivity index (χ2v) is 4.31. The predicted molar refractivity (Wildman–Crippen MR) is 66.5 cm³/mol. The summed E-state index contributed by atoms with van der Waals surface area (Å²) in [6.45, 7) is 1.25. The maximum Gasteiger partial charge on any atom is 0.355 e. The number of carboxylic acid groups (broad SMARTS) is 1. The molecule has 0 spiro atoms. The van der Waals surface area contributed by atoms with Gasteiger partial charge in [0, 0.05) is 18.7 Å². The van der Waals surface area contributed by atoms with Gasteiger partial charge in [-0.15, -0.1) is 11.3 Å². The highest BCUT2D eigenvalue weighted by Gasteiger charge is 2.09. The van der Waals surface area contributed by atoms with Crippen LogP contribution in [-0.2, 0) is 11.3 Å². The first kappa shape index (κ1) is 12.5. The molecule has 0 bridgehead atoms. The van der Waals surface area contributed by atoms with Crippen LogP contribution in [0.4, 0.5) is 10.8 Å². The van der Waals surface area contributed by atoms with Gasteiger partial charge in [0.05, 0.1) is 25.0 Å². The van der Waals surface area contributed by atoms with E-state index in [-0.39, 0.29) is 5.69 Å². The van der Waals surface area contributed by atoms with Crippen LogP contribution in [-0.4, -0.2) is 39.6 Å². The monoisotopic (exact) mass is 268 g/mol. The van der Waals surface area contributed by atoms with Crippen LogP contribution in [0, 0.1) is 0 Å². The number of hydrogen-bond donors (Lipinski definition) is 2. The van der Waals surface area contributed by atoms with Crippen LogP contribution in [0.2, 0.25) is 0 Å². The molecule has 0 radical (unpaired) electrons. The van der Waals surface area contributed by atoms with Crippen molar-refractivity contribution in [2.75, 3.05) is 19.0 Å². The Morgan fingerprint density at radius 1 is 1.67 bits per heavy atom. The van der Waals surface area contributed by atoms with Gasteiger partial charge in [0.15, 0.2) is 10.8 Å². The fraction of sp³-hybridized carbons (Fsp3) is 0.300. The molecule has 0 aromatic carbocycles. The lowest BCUT2D eigenvalue weighted by atomic mass is 10.5. The Kier molecular flexibility index (Phi) is 3.90. The molecule has 2 rings (SSSR count). The highest BCUT2D eigenvalue weighted by atomic mass is 32.1. The van der Waals surface area contributed by atoms with Crippen molar-refractivity contribution >= 4 is 28.1 Å². The minimum atomic E-state index is -1.03. The maximum absolute atomic E-state index is 10.7. The van der Waals surface area contributed by atoms with Crippen molar-refractivity contribution in [3.05, 3.63) is 23.5 Å². The van der Waals surface area contributed by atoms with Crippen molar-refractivity contribution in [2.45, 2.75) is 6.54 Å². The van der Waals surface area contributed by atoms with Crippen molar-refractivity contribution in [3.63, 3.8) is 0 Å². The number of carbonyl (C=O) groups is 1. The van der Waals surface area contributed by atoms with E-state index in [0.29, 0.717) is 18.3 Å². The van der Waals surface area contributed by atoms with E-state index in [1.54, 1.807) is 24.2 Å². The molecule has 8 heteroatoms. The molecule has 0 saturated heterocycles. The Morgan fingerprint density at radius 2 is 2.50 bits per heavy atom. The van der Waals surface area contributed by atoms with Crippen molar-refractivity contribution in [1.29, 1.82) is 0 Å². The zero-order chi connectivity index (χ0) is 13.0. The zero-order valence-corrected chi connectivity index (χ0v) is 10.5. The summed E-state index contributed by atoms with van der Waals surface area (Å²) in [7, 11) is 1.63. The van der Waals surface area contributed by atoms with Crippen LogP contribution in [0.25, 0.3) is 0 Å². The van der Waals surface area contributed by atoms with Gasteiger partial charge < -0.3 is 15.2 Å². The van der Waals surface area contributed by atoms with E-state index < -0.39 is 5.97 Å². The molecule has 7 nitrogen and oxygen atoms in total. The standard InChI is InChI=1S/C10H12N4O3S/c1-17-3-2-14-5-7(4-11-14)12-10-13-8(6-18-10)9(15)16/h4-6H,2-3H2,1H3,(H,12,13)(H,15,16). The Labute approximate surface area is 107 Å². The van der Waals surface area contributed by atoms with Crippen molar-refractivity contribution in [1.82, 2.24) is 14.8 Å². The molecule has 0 aliphatic rings. The summed E-state index contributed by atoms with van der Waals surface area (Å²) in [5, 5.41) is 17.9. The fourth-order valence-electron chi connectivity index (χ4n) is 1.29. The van der Waals surface area contributed by atoms with Gasteiger partial charge in [-0.05, 0) is 0 Å². The quantitative estimate of drug-likeness (QED) is 0.823. The summed E-state index contributed by atoms with van der Waals surface area (Å²) in [6, 6.07) is 0. The van der Waals surface area contributed by atoms with E-state index in [4.69, 9.17) is 9.84 Å². The SMILES string of the molecule is COCCn1cc(Nc2nc(C(=O)O)cs2)cn1. The van der Waals surface area contributed by atoms with Gasteiger partial charge in [-0.2, -0.15) is 5.10 Å². The molecule has 0 fully saturated rings. The molecule has 0 atom stereocenters. The summed E-state index contributed by atoms with van der Waals surface area (Å²) < 4.78 is 6.68. The molecular formula is C10H12N4O3S. The van der Waals surface area contributed by atoms with Crippen molar-refractivity contribution < 1.29 is 14.6 Å². The molecule has 2 aromatic rings. The molecule has 0 aliphatic heterocycles. The lowest BCUT2D eigenvalue weighted by Crippen LogP contribution is -2.03. The number of carboxylic acids is 1. The molecule has 0 unspecified atom stereocenters. The minimum Gasteiger partial charge on any atom is -0.476 e. The number of rotatable bonds is 6. The zero-order valence-electron chi connectivity index (χ0n) is 9.66. The fourth-order valence-corrected chi connectivity index (χ4v) is 1.99. The average molecular weight is 268 g/mol. The number of hydrogen-bond acceptors (Lipinski definition) is 6. The third kappa shape index (κ3) is 3.05. The molecule has 2 N–H and O–H groups in total. The van der Waals surface area contributed by atoms with Gasteiger partial charge >= 0.3 is 5.97 Å². The first-order chi connectivity index (χ1) is 8.69. The first-order valence-corrected chi connectivity index (χ1v) is 6.04. The van der Waals surface area contributed by atoms with Gasteiger partial charge in [0.1, 0.15) is 0 Å². The van der Waals surface area contributed by atoms with Gasteiger partial charge in [0.2, 0.25) is 0 Å². The van der Waals surface area contributed by atoms with Gasteiger partial charge in [0.25, 0.3) is 0 Å². The van der Waals surface area contributed by atoms with Crippen molar-refractivity contribution in [2.24, 2.45) is 0 Å². The summed E-state index contributed by atoms with van der Waals surface area (Å²) in [4.78, 5) is 14.6. The summed E-state index contributed by atoms with van der Waals surface area (Å²) in [5.41, 5.74) is 0.798. The number of anilines is 2. The molecule has 0 saturated carbocycles. The highest BCUT2D eigenvalue weighted by Crippen LogP contribution is 2.20. The van der Waals surface area contributed by atoms with Gasteiger partial charge in [-0.1, -0.05) is 0 Å². The minimum absolute atomic E-state index is 0.0364. The lowest BCUT2D eigenvalue weighted by Gasteiger charge is -1.99.